The van der Waals surface area contributed by atoms with E-state index in [4.69, 9.17) is 16.3 Å². The Labute approximate surface area is 147 Å². The lowest BCUT2D eigenvalue weighted by Crippen LogP contribution is -2.64. The molecule has 5 heteroatoms. The van der Waals surface area contributed by atoms with Gasteiger partial charge in [-0.05, 0) is 42.7 Å². The van der Waals surface area contributed by atoms with Gasteiger partial charge in [-0.2, -0.15) is 0 Å². The Morgan fingerprint density at radius 3 is 2.92 bits per heavy atom. The topological polar surface area (TPSA) is 34.5 Å². The summed E-state index contributed by atoms with van der Waals surface area (Å²) in [6, 6.07) is 10.7. The second-order valence-corrected chi connectivity index (χ2v) is 7.75. The summed E-state index contributed by atoms with van der Waals surface area (Å²) in [5.74, 6) is 0.225. The van der Waals surface area contributed by atoms with Gasteiger partial charge in [0, 0.05) is 37.4 Å². The van der Waals surface area contributed by atoms with Crippen molar-refractivity contribution in [2.75, 3.05) is 20.2 Å². The fourth-order valence-electron chi connectivity index (χ4n) is 4.58. The number of hydrogen-bond donors (Lipinski definition) is 0. The molecule has 0 spiro atoms. The fraction of sp³-hybridized carbons (Fsp3) is 0.526. The zero-order valence-corrected chi connectivity index (χ0v) is 14.7. The van der Waals surface area contributed by atoms with Crippen LogP contribution in [0.3, 0.4) is 0 Å². The van der Waals surface area contributed by atoms with Gasteiger partial charge in [-0.15, -0.1) is 11.6 Å². The van der Waals surface area contributed by atoms with E-state index in [0.29, 0.717) is 5.92 Å². The highest BCUT2D eigenvalue weighted by atomic mass is 35.5. The zero-order chi connectivity index (χ0) is 16.7. The van der Waals surface area contributed by atoms with E-state index in [0.717, 1.165) is 32.5 Å². The zero-order valence-electron chi connectivity index (χ0n) is 14.0. The molecular weight excluding hydrogens is 324 g/mol. The molecule has 3 fully saturated rings. The second-order valence-electron chi connectivity index (χ2n) is 7.08. The molecule has 2 bridgehead atoms. The largest absolute Gasteiger partial charge is 0.468 e. The van der Waals surface area contributed by atoms with Crippen LogP contribution in [0.1, 0.15) is 19.3 Å². The number of para-hydroxylation sites is 1. The van der Waals surface area contributed by atoms with Crippen LogP contribution in [0.15, 0.2) is 36.5 Å². The van der Waals surface area contributed by atoms with E-state index in [1.54, 1.807) is 0 Å². The van der Waals surface area contributed by atoms with Crippen molar-refractivity contribution in [3.63, 3.8) is 0 Å². The van der Waals surface area contributed by atoms with Crippen molar-refractivity contribution in [1.82, 2.24) is 9.47 Å². The molecule has 24 heavy (non-hydrogen) atoms. The lowest BCUT2D eigenvalue weighted by Gasteiger charge is -2.52. The summed E-state index contributed by atoms with van der Waals surface area (Å²) < 4.78 is 7.28. The summed E-state index contributed by atoms with van der Waals surface area (Å²) >= 11 is 6.75. The van der Waals surface area contributed by atoms with Crippen molar-refractivity contribution in [2.45, 2.75) is 36.7 Å². The number of aromatic nitrogens is 1. The van der Waals surface area contributed by atoms with Crippen LogP contribution in [-0.4, -0.2) is 46.6 Å². The van der Waals surface area contributed by atoms with Crippen LogP contribution in [0.4, 0.5) is 0 Å². The number of methoxy groups -OCH3 is 1. The van der Waals surface area contributed by atoms with Crippen LogP contribution in [0, 0.1) is 5.92 Å². The van der Waals surface area contributed by atoms with E-state index in [2.05, 4.69) is 46.0 Å². The minimum absolute atomic E-state index is 0.0819. The Hall–Kier alpha value is -1.52. The summed E-state index contributed by atoms with van der Waals surface area (Å²) in [4.78, 5) is 13.8. The number of halogens is 1. The molecule has 5 rings (SSSR count). The normalized spacial score (nSPS) is 29.9. The molecule has 0 radical (unpaired) electrons. The molecule has 128 valence electrons. The van der Waals surface area contributed by atoms with Gasteiger partial charge in [0.15, 0.2) is 4.87 Å². The van der Waals surface area contributed by atoms with Gasteiger partial charge < -0.3 is 9.30 Å². The van der Waals surface area contributed by atoms with Crippen molar-refractivity contribution in [3.8, 4) is 0 Å². The highest BCUT2D eigenvalue weighted by molar-refractivity contribution is 6.34. The molecule has 0 amide bonds. The highest BCUT2D eigenvalue weighted by Crippen LogP contribution is 2.46. The van der Waals surface area contributed by atoms with Gasteiger partial charge in [0.05, 0.1) is 7.11 Å². The average Bonchev–Trinajstić information content (AvgIpc) is 3.02. The van der Waals surface area contributed by atoms with Crippen LogP contribution < -0.4 is 0 Å². The van der Waals surface area contributed by atoms with Crippen molar-refractivity contribution in [3.05, 3.63) is 36.5 Å². The van der Waals surface area contributed by atoms with E-state index < -0.39 is 4.87 Å². The number of hydrogen-bond acceptors (Lipinski definition) is 3. The molecule has 2 aliphatic heterocycles. The van der Waals surface area contributed by atoms with Crippen molar-refractivity contribution in [2.24, 2.45) is 5.92 Å². The predicted octanol–water partition coefficient (Wildman–Crippen LogP) is 3.28. The summed E-state index contributed by atoms with van der Waals surface area (Å²) in [6.07, 6.45) is 5.03. The molecule has 3 aliphatic rings. The first-order valence-electron chi connectivity index (χ1n) is 8.67. The van der Waals surface area contributed by atoms with E-state index >= 15 is 0 Å². The highest BCUT2D eigenvalue weighted by Gasteiger charge is 2.55. The first-order valence-corrected chi connectivity index (χ1v) is 9.05. The molecule has 1 aromatic heterocycles. The van der Waals surface area contributed by atoms with Gasteiger partial charge in [0.25, 0.3) is 0 Å². The number of carbonyl (C=O) groups excluding carboxylic acids is 1. The van der Waals surface area contributed by atoms with Crippen LogP contribution >= 0.6 is 11.6 Å². The van der Waals surface area contributed by atoms with Crippen molar-refractivity contribution in [1.29, 1.82) is 0 Å². The number of piperidine rings is 2. The molecule has 1 aliphatic carbocycles. The van der Waals surface area contributed by atoms with Crippen LogP contribution in [0.5, 0.6) is 0 Å². The standard InChI is InChI=1S/C19H23ClN2O2/c1-24-18(23)19(20)12-14-6-7-17(19)22(13-14)11-10-21-9-8-15-4-2-3-5-16(15)21/h2-5,8-9,14,17H,6-7,10-13H2,1H3. The van der Waals surface area contributed by atoms with Gasteiger partial charge in [0.2, 0.25) is 0 Å². The Kier molecular flexibility index (Phi) is 4.05. The van der Waals surface area contributed by atoms with E-state index in [1.165, 1.54) is 24.4 Å². The number of fused-ring (bicyclic) bond motifs is 4. The first kappa shape index (κ1) is 16.0. The maximum Gasteiger partial charge on any atom is 0.328 e. The number of ether oxygens (including phenoxy) is 1. The quantitative estimate of drug-likeness (QED) is 0.629. The molecule has 3 heterocycles. The molecule has 2 saturated heterocycles. The third-order valence-corrected chi connectivity index (χ3v) is 6.29. The molecule has 4 nitrogen and oxygen atoms in total. The summed E-state index contributed by atoms with van der Waals surface area (Å²) in [5.41, 5.74) is 1.25. The number of esters is 1. The smallest absolute Gasteiger partial charge is 0.328 e. The summed E-state index contributed by atoms with van der Waals surface area (Å²) in [6.45, 7) is 2.85. The summed E-state index contributed by atoms with van der Waals surface area (Å²) in [5, 5.41) is 1.26. The molecule has 1 aromatic carbocycles. The number of nitrogens with zero attached hydrogens (tertiary/aromatic N) is 2. The minimum atomic E-state index is -0.866. The molecular formula is C19H23ClN2O2. The van der Waals surface area contributed by atoms with E-state index in [-0.39, 0.29) is 12.0 Å². The second kappa shape index (κ2) is 6.08. The first-order chi connectivity index (χ1) is 11.6. The van der Waals surface area contributed by atoms with Gasteiger partial charge in [0.1, 0.15) is 0 Å². The number of benzene rings is 1. The Morgan fingerprint density at radius 2 is 2.12 bits per heavy atom. The lowest BCUT2D eigenvalue weighted by molar-refractivity contribution is -0.151. The Morgan fingerprint density at radius 1 is 1.29 bits per heavy atom. The molecule has 1 saturated carbocycles. The van der Waals surface area contributed by atoms with Gasteiger partial charge in [-0.1, -0.05) is 18.2 Å². The summed E-state index contributed by atoms with van der Waals surface area (Å²) in [7, 11) is 1.44. The third kappa shape index (κ3) is 2.52. The van der Waals surface area contributed by atoms with Gasteiger partial charge in [-0.25, -0.2) is 0 Å². The molecule has 3 atom stereocenters. The van der Waals surface area contributed by atoms with E-state index in [9.17, 15) is 4.79 Å². The van der Waals surface area contributed by atoms with E-state index in [1.807, 2.05) is 0 Å². The fourth-order valence-corrected chi connectivity index (χ4v) is 5.12. The van der Waals surface area contributed by atoms with Crippen molar-refractivity contribution < 1.29 is 9.53 Å². The SMILES string of the molecule is COC(=O)C1(Cl)CC2CCC1N(CCn1ccc3ccccc31)C2. The number of carbonyl (C=O) groups is 1. The van der Waals surface area contributed by atoms with Crippen molar-refractivity contribution >= 4 is 28.5 Å². The van der Waals surface area contributed by atoms with Crippen LogP contribution in [0.25, 0.3) is 10.9 Å². The average molecular weight is 347 g/mol. The lowest BCUT2D eigenvalue weighted by atomic mass is 9.72. The molecule has 3 unspecified atom stereocenters. The molecule has 0 N–H and O–H groups in total. The van der Waals surface area contributed by atoms with Gasteiger partial charge >= 0.3 is 5.97 Å². The Balaban J connectivity index is 1.51. The number of alkyl halides is 1. The maximum absolute atomic E-state index is 12.2. The monoisotopic (exact) mass is 346 g/mol. The minimum Gasteiger partial charge on any atom is -0.468 e. The third-order valence-electron chi connectivity index (χ3n) is 5.73. The predicted molar refractivity (Wildman–Crippen MR) is 95.2 cm³/mol. The number of rotatable bonds is 4. The molecule has 2 aromatic rings. The van der Waals surface area contributed by atoms with Crippen LogP contribution in [-0.2, 0) is 16.1 Å². The Bertz CT molecular complexity index is 759. The van der Waals surface area contributed by atoms with Gasteiger partial charge in [-0.3, -0.25) is 9.69 Å². The van der Waals surface area contributed by atoms with Crippen LogP contribution in [0.2, 0.25) is 0 Å². The maximum atomic E-state index is 12.2.